The van der Waals surface area contributed by atoms with Crippen LogP contribution in [-0.2, 0) is 9.53 Å². The molecule has 0 unspecified atom stereocenters. The number of rotatable bonds is 3. The van der Waals surface area contributed by atoms with Gasteiger partial charge in [-0.1, -0.05) is 64.2 Å². The van der Waals surface area contributed by atoms with Gasteiger partial charge in [-0.15, -0.1) is 0 Å². The van der Waals surface area contributed by atoms with Gasteiger partial charge >= 0.3 is 5.97 Å². The summed E-state index contributed by atoms with van der Waals surface area (Å²) in [6, 6.07) is 12.1. The topological polar surface area (TPSA) is 64.7 Å². The van der Waals surface area contributed by atoms with Crippen molar-refractivity contribution in [3.63, 3.8) is 0 Å². The quantitative estimate of drug-likeness (QED) is 0.378. The van der Waals surface area contributed by atoms with E-state index in [1.54, 1.807) is 37.3 Å². The lowest BCUT2D eigenvalue weighted by Gasteiger charge is -2.03. The van der Waals surface area contributed by atoms with Gasteiger partial charge in [0.15, 0.2) is 5.70 Å². The van der Waals surface area contributed by atoms with E-state index in [0.717, 1.165) is 0 Å². The summed E-state index contributed by atoms with van der Waals surface area (Å²) in [5.74, 6) is -0.0611. The van der Waals surface area contributed by atoms with Gasteiger partial charge in [0.05, 0.1) is 5.02 Å². The fourth-order valence-electron chi connectivity index (χ4n) is 2.74. The standard InChI is InChI=1S/C20H11Cl3N2O3/c1-10-17(18(25-28-10)13-4-2-3-5-14(13)22)19-24-16(20(26)27-19)8-11-6-7-12(21)9-15(11)23/h2-9H,1H3. The number of carbonyl (C=O) groups is 1. The molecule has 0 saturated carbocycles. The van der Waals surface area contributed by atoms with Gasteiger partial charge in [0.2, 0.25) is 5.90 Å². The molecule has 1 aliphatic rings. The summed E-state index contributed by atoms with van der Waals surface area (Å²) in [6.07, 6.45) is 1.53. The number of carbonyl (C=O) groups excluding carboxylic acids is 1. The van der Waals surface area contributed by atoms with Crippen LogP contribution >= 0.6 is 34.8 Å². The molecule has 0 bridgehead atoms. The maximum absolute atomic E-state index is 12.3. The molecule has 0 amide bonds. The van der Waals surface area contributed by atoms with Gasteiger partial charge in [-0.25, -0.2) is 9.79 Å². The molecule has 140 valence electrons. The average molecular weight is 434 g/mol. The van der Waals surface area contributed by atoms with Crippen LogP contribution in [0, 0.1) is 6.92 Å². The van der Waals surface area contributed by atoms with Gasteiger partial charge < -0.3 is 9.26 Å². The monoisotopic (exact) mass is 432 g/mol. The first-order chi connectivity index (χ1) is 13.4. The largest absolute Gasteiger partial charge is 0.402 e. The Morgan fingerprint density at radius 1 is 1.04 bits per heavy atom. The summed E-state index contributed by atoms with van der Waals surface area (Å²) in [7, 11) is 0. The van der Waals surface area contributed by atoms with Gasteiger partial charge in [0.1, 0.15) is 17.0 Å². The van der Waals surface area contributed by atoms with Crippen molar-refractivity contribution in [1.82, 2.24) is 5.16 Å². The second kappa shape index (κ2) is 7.43. The van der Waals surface area contributed by atoms with Crippen molar-refractivity contribution in [1.29, 1.82) is 0 Å². The molecule has 4 rings (SSSR count). The fraction of sp³-hybridized carbons (Fsp3) is 0.0500. The first kappa shape index (κ1) is 18.7. The maximum atomic E-state index is 12.3. The number of aromatic nitrogens is 1. The van der Waals surface area contributed by atoms with Gasteiger partial charge in [-0.2, -0.15) is 0 Å². The van der Waals surface area contributed by atoms with Crippen LogP contribution in [0.4, 0.5) is 0 Å². The summed E-state index contributed by atoms with van der Waals surface area (Å²) in [4.78, 5) is 16.7. The number of hydrogen-bond acceptors (Lipinski definition) is 5. The maximum Gasteiger partial charge on any atom is 0.363 e. The number of ether oxygens (including phenoxy) is 1. The second-order valence-corrected chi connectivity index (χ2v) is 7.19. The summed E-state index contributed by atoms with van der Waals surface area (Å²) in [5, 5.41) is 5.45. The Balaban J connectivity index is 1.78. The SMILES string of the molecule is Cc1onc(-c2ccccc2Cl)c1C1=NC(=Cc2ccc(Cl)cc2Cl)C(=O)O1. The van der Waals surface area contributed by atoms with Crippen LogP contribution in [-0.4, -0.2) is 17.0 Å². The van der Waals surface area contributed by atoms with Crippen molar-refractivity contribution < 1.29 is 14.1 Å². The molecular weight excluding hydrogens is 423 g/mol. The molecule has 0 fully saturated rings. The van der Waals surface area contributed by atoms with Crippen LogP contribution in [0.15, 0.2) is 57.7 Å². The van der Waals surface area contributed by atoms with Gasteiger partial charge in [-0.3, -0.25) is 0 Å². The van der Waals surface area contributed by atoms with E-state index in [9.17, 15) is 4.79 Å². The Bertz CT molecular complexity index is 1170. The van der Waals surface area contributed by atoms with Crippen LogP contribution in [0.3, 0.4) is 0 Å². The predicted molar refractivity (Wildman–Crippen MR) is 109 cm³/mol. The van der Waals surface area contributed by atoms with E-state index in [0.29, 0.717) is 43.2 Å². The Kier molecular flexibility index (Phi) is 4.98. The van der Waals surface area contributed by atoms with Crippen molar-refractivity contribution in [3.8, 4) is 11.3 Å². The number of cyclic esters (lactones) is 1. The number of aliphatic imine (C=N–C) groups is 1. The average Bonchev–Trinajstić information content (AvgIpc) is 3.20. The first-order valence-electron chi connectivity index (χ1n) is 8.13. The zero-order chi connectivity index (χ0) is 19.8. The lowest BCUT2D eigenvalue weighted by atomic mass is 10.1. The molecule has 1 aromatic heterocycles. The highest BCUT2D eigenvalue weighted by Gasteiger charge is 2.31. The number of esters is 1. The smallest absolute Gasteiger partial charge is 0.363 e. The van der Waals surface area contributed by atoms with Crippen LogP contribution in [0.25, 0.3) is 17.3 Å². The highest BCUT2D eigenvalue weighted by Crippen LogP contribution is 2.33. The molecule has 0 N–H and O–H groups in total. The lowest BCUT2D eigenvalue weighted by Crippen LogP contribution is -2.07. The highest BCUT2D eigenvalue weighted by atomic mass is 35.5. The van der Waals surface area contributed by atoms with E-state index in [4.69, 9.17) is 44.1 Å². The fourth-order valence-corrected chi connectivity index (χ4v) is 3.43. The first-order valence-corrected chi connectivity index (χ1v) is 9.26. The van der Waals surface area contributed by atoms with Crippen LogP contribution in [0.5, 0.6) is 0 Å². The summed E-state index contributed by atoms with van der Waals surface area (Å²) >= 11 is 18.4. The van der Waals surface area contributed by atoms with E-state index in [1.165, 1.54) is 6.08 Å². The second-order valence-electron chi connectivity index (χ2n) is 5.94. The third kappa shape index (κ3) is 3.44. The van der Waals surface area contributed by atoms with Crippen molar-refractivity contribution in [2.24, 2.45) is 4.99 Å². The van der Waals surface area contributed by atoms with Crippen molar-refractivity contribution in [2.45, 2.75) is 6.92 Å². The highest BCUT2D eigenvalue weighted by molar-refractivity contribution is 6.35. The number of benzene rings is 2. The van der Waals surface area contributed by atoms with Gasteiger partial charge in [0.25, 0.3) is 0 Å². The number of hydrogen-bond donors (Lipinski definition) is 0. The summed E-state index contributed by atoms with van der Waals surface area (Å²) in [6.45, 7) is 1.71. The predicted octanol–water partition coefficient (Wildman–Crippen LogP) is 5.95. The molecule has 3 aromatic rings. The van der Waals surface area contributed by atoms with Gasteiger partial charge in [0, 0.05) is 15.6 Å². The normalized spacial score (nSPS) is 15.1. The Labute approximate surface area is 175 Å². The van der Waals surface area contributed by atoms with Crippen molar-refractivity contribution >= 4 is 52.7 Å². The van der Waals surface area contributed by atoms with Crippen molar-refractivity contribution in [2.75, 3.05) is 0 Å². The van der Waals surface area contributed by atoms with Crippen LogP contribution in [0.1, 0.15) is 16.9 Å². The summed E-state index contributed by atoms with van der Waals surface area (Å²) in [5.41, 5.74) is 2.25. The lowest BCUT2D eigenvalue weighted by molar-refractivity contribution is -0.129. The zero-order valence-electron chi connectivity index (χ0n) is 14.4. The molecule has 1 aliphatic heterocycles. The van der Waals surface area contributed by atoms with E-state index in [1.807, 2.05) is 12.1 Å². The summed E-state index contributed by atoms with van der Waals surface area (Å²) < 4.78 is 10.7. The molecule has 0 radical (unpaired) electrons. The third-order valence-corrected chi connectivity index (χ3v) is 4.97. The minimum atomic E-state index is -0.605. The van der Waals surface area contributed by atoms with Crippen molar-refractivity contribution in [3.05, 3.63) is 80.1 Å². The molecule has 2 aromatic carbocycles. The molecule has 0 aliphatic carbocycles. The Morgan fingerprint density at radius 2 is 1.82 bits per heavy atom. The minimum absolute atomic E-state index is 0.0926. The van der Waals surface area contributed by atoms with E-state index in [-0.39, 0.29) is 11.6 Å². The molecular formula is C20H11Cl3N2O3. The molecule has 2 heterocycles. The molecule has 0 saturated heterocycles. The van der Waals surface area contributed by atoms with Crippen LogP contribution in [0.2, 0.25) is 15.1 Å². The number of nitrogens with zero attached hydrogens (tertiary/aromatic N) is 2. The third-order valence-electron chi connectivity index (χ3n) is 4.08. The Hall–Kier alpha value is -2.60. The zero-order valence-corrected chi connectivity index (χ0v) is 16.6. The van der Waals surface area contributed by atoms with E-state index < -0.39 is 5.97 Å². The molecule has 5 nitrogen and oxygen atoms in total. The van der Waals surface area contributed by atoms with Crippen LogP contribution < -0.4 is 0 Å². The van der Waals surface area contributed by atoms with E-state index >= 15 is 0 Å². The molecule has 8 heteroatoms. The minimum Gasteiger partial charge on any atom is -0.402 e. The molecule has 0 spiro atoms. The van der Waals surface area contributed by atoms with Gasteiger partial charge in [-0.05, 0) is 36.8 Å². The van der Waals surface area contributed by atoms with E-state index in [2.05, 4.69) is 10.1 Å². The molecule has 28 heavy (non-hydrogen) atoms. The number of halogens is 3. The Morgan fingerprint density at radius 3 is 2.57 bits per heavy atom. The molecule has 0 atom stereocenters. The number of aryl methyl sites for hydroxylation is 1.